The number of hydrogen-bond acceptors (Lipinski definition) is 4. The van der Waals surface area contributed by atoms with Gasteiger partial charge in [-0.3, -0.25) is 19.3 Å². The molecule has 6 nitrogen and oxygen atoms in total. The summed E-state index contributed by atoms with van der Waals surface area (Å²) < 4.78 is 0. The molecule has 0 radical (unpaired) electrons. The molecule has 0 aromatic heterocycles. The third kappa shape index (κ3) is 4.91. The highest BCUT2D eigenvalue weighted by molar-refractivity contribution is 6.36. The summed E-state index contributed by atoms with van der Waals surface area (Å²) in [7, 11) is 0. The lowest BCUT2D eigenvalue weighted by molar-refractivity contribution is -0.136. The first-order valence-electron chi connectivity index (χ1n) is 11.2. The molecule has 4 rings (SSSR count). The molecule has 3 amide bonds. The lowest BCUT2D eigenvalue weighted by Gasteiger charge is -2.15. The fraction of sp³-hybridized carbons (Fsp3) is 0.179. The maximum Gasteiger partial charge on any atom is 0.278 e. The van der Waals surface area contributed by atoms with E-state index in [1.165, 1.54) is 11.8 Å². The van der Waals surface area contributed by atoms with Crippen molar-refractivity contribution >= 4 is 34.7 Å². The van der Waals surface area contributed by atoms with E-state index in [1.54, 1.807) is 24.3 Å². The van der Waals surface area contributed by atoms with Crippen molar-refractivity contribution in [1.82, 2.24) is 4.90 Å². The Morgan fingerprint density at radius 2 is 1.50 bits per heavy atom. The number of nitrogens with zero attached hydrogens (tertiary/aromatic N) is 1. The largest absolute Gasteiger partial charge is 0.350 e. The first-order chi connectivity index (χ1) is 16.3. The summed E-state index contributed by atoms with van der Waals surface area (Å²) in [5.41, 5.74) is 5.86. The molecule has 0 aliphatic carbocycles. The Bertz CT molecular complexity index is 1280. The standard InChI is InChI=1S/C28H27N3O3/c1-18-9-10-22(17-19(18)2)25-26(30-24-13-11-23(12-14-24)29-20(3)32)28(34)31(27(25)33)16-15-21-7-5-4-6-8-21/h4-14,17,30H,15-16H2,1-3H3,(H,29,32). The van der Waals surface area contributed by atoms with Gasteiger partial charge in [0.05, 0.1) is 5.57 Å². The molecule has 0 fully saturated rings. The Kier molecular flexibility index (Phi) is 6.59. The molecule has 1 heterocycles. The van der Waals surface area contributed by atoms with E-state index in [1.807, 2.05) is 62.4 Å². The van der Waals surface area contributed by atoms with Gasteiger partial charge in [0, 0.05) is 24.8 Å². The Hall–Kier alpha value is -4.19. The first kappa shape index (κ1) is 23.0. The highest BCUT2D eigenvalue weighted by Crippen LogP contribution is 2.32. The van der Waals surface area contributed by atoms with Crippen molar-refractivity contribution in [2.45, 2.75) is 27.2 Å². The second-order valence-corrected chi connectivity index (χ2v) is 8.43. The second-order valence-electron chi connectivity index (χ2n) is 8.43. The van der Waals surface area contributed by atoms with Gasteiger partial charge in [-0.15, -0.1) is 0 Å². The Labute approximate surface area is 199 Å². The van der Waals surface area contributed by atoms with Crippen LogP contribution in [0.2, 0.25) is 0 Å². The molecule has 0 saturated carbocycles. The van der Waals surface area contributed by atoms with Gasteiger partial charge in [-0.05, 0) is 66.8 Å². The van der Waals surface area contributed by atoms with Crippen molar-refractivity contribution < 1.29 is 14.4 Å². The fourth-order valence-electron chi connectivity index (χ4n) is 3.93. The van der Waals surface area contributed by atoms with Crippen LogP contribution in [0.1, 0.15) is 29.2 Å². The summed E-state index contributed by atoms with van der Waals surface area (Å²) in [4.78, 5) is 39.5. The van der Waals surface area contributed by atoms with Gasteiger partial charge in [0.25, 0.3) is 11.8 Å². The average molecular weight is 454 g/mol. The van der Waals surface area contributed by atoms with Crippen molar-refractivity contribution in [1.29, 1.82) is 0 Å². The average Bonchev–Trinajstić information content (AvgIpc) is 3.05. The van der Waals surface area contributed by atoms with Crippen LogP contribution in [0.25, 0.3) is 5.57 Å². The molecule has 34 heavy (non-hydrogen) atoms. The van der Waals surface area contributed by atoms with Crippen LogP contribution in [-0.4, -0.2) is 29.2 Å². The van der Waals surface area contributed by atoms with Gasteiger partial charge in [0.1, 0.15) is 5.70 Å². The molecule has 6 heteroatoms. The zero-order chi connectivity index (χ0) is 24.2. The van der Waals surface area contributed by atoms with E-state index in [-0.39, 0.29) is 23.4 Å². The Morgan fingerprint density at radius 1 is 0.824 bits per heavy atom. The molecule has 3 aromatic rings. The van der Waals surface area contributed by atoms with Crippen LogP contribution in [0, 0.1) is 13.8 Å². The lowest BCUT2D eigenvalue weighted by atomic mass is 9.99. The molecule has 3 aromatic carbocycles. The minimum atomic E-state index is -0.347. The maximum atomic E-state index is 13.5. The number of benzene rings is 3. The Morgan fingerprint density at radius 3 is 2.15 bits per heavy atom. The summed E-state index contributed by atoms with van der Waals surface area (Å²) in [5, 5.41) is 5.89. The van der Waals surface area contributed by atoms with Crippen molar-refractivity contribution in [2.75, 3.05) is 17.2 Å². The van der Waals surface area contributed by atoms with Gasteiger partial charge in [0.15, 0.2) is 0 Å². The van der Waals surface area contributed by atoms with Gasteiger partial charge in [0.2, 0.25) is 5.91 Å². The SMILES string of the molecule is CC(=O)Nc1ccc(NC2=C(c3ccc(C)c(C)c3)C(=O)N(CCc3ccccc3)C2=O)cc1. The number of nitrogens with one attached hydrogen (secondary N) is 2. The summed E-state index contributed by atoms with van der Waals surface area (Å²) in [6.45, 7) is 5.74. The molecule has 0 bridgehead atoms. The van der Waals surface area contributed by atoms with Crippen molar-refractivity contribution in [2.24, 2.45) is 0 Å². The van der Waals surface area contributed by atoms with Crippen LogP contribution in [0.3, 0.4) is 0 Å². The van der Waals surface area contributed by atoms with Crippen molar-refractivity contribution in [3.05, 3.63) is 101 Å². The predicted octanol–water partition coefficient (Wildman–Crippen LogP) is 4.70. The van der Waals surface area contributed by atoms with E-state index in [0.717, 1.165) is 16.7 Å². The fourth-order valence-corrected chi connectivity index (χ4v) is 3.93. The zero-order valence-corrected chi connectivity index (χ0v) is 19.5. The second kappa shape index (κ2) is 9.75. The smallest absolute Gasteiger partial charge is 0.278 e. The molecule has 0 spiro atoms. The summed E-state index contributed by atoms with van der Waals surface area (Å²) >= 11 is 0. The molecule has 0 unspecified atom stereocenters. The number of hydrogen-bond donors (Lipinski definition) is 2. The van der Waals surface area contributed by atoms with Gasteiger partial charge < -0.3 is 10.6 Å². The molecule has 172 valence electrons. The lowest BCUT2D eigenvalue weighted by Crippen LogP contribution is -2.34. The zero-order valence-electron chi connectivity index (χ0n) is 19.5. The van der Waals surface area contributed by atoms with Crippen LogP contribution in [-0.2, 0) is 20.8 Å². The normalized spacial score (nSPS) is 13.4. The number of imide groups is 1. The van der Waals surface area contributed by atoms with Crippen LogP contribution >= 0.6 is 0 Å². The van der Waals surface area contributed by atoms with Gasteiger partial charge in [-0.2, -0.15) is 0 Å². The predicted molar refractivity (Wildman–Crippen MR) is 134 cm³/mol. The number of rotatable bonds is 7. The van der Waals surface area contributed by atoms with Crippen LogP contribution in [0.15, 0.2) is 78.5 Å². The van der Waals surface area contributed by atoms with Gasteiger partial charge >= 0.3 is 0 Å². The molecule has 2 N–H and O–H groups in total. The third-order valence-corrected chi connectivity index (χ3v) is 5.91. The van der Waals surface area contributed by atoms with E-state index < -0.39 is 0 Å². The summed E-state index contributed by atoms with van der Waals surface area (Å²) in [5.74, 6) is -0.812. The molecule has 0 atom stereocenters. The number of amides is 3. The molecular formula is C28H27N3O3. The Balaban J connectivity index is 1.66. The summed E-state index contributed by atoms with van der Waals surface area (Å²) in [6.07, 6.45) is 0.581. The van der Waals surface area contributed by atoms with Gasteiger partial charge in [-0.25, -0.2) is 0 Å². The van der Waals surface area contributed by atoms with Gasteiger partial charge in [-0.1, -0.05) is 48.5 Å². The number of carbonyl (C=O) groups excluding carboxylic acids is 3. The monoisotopic (exact) mass is 453 g/mol. The maximum absolute atomic E-state index is 13.5. The molecule has 0 saturated heterocycles. The van der Waals surface area contributed by atoms with E-state index >= 15 is 0 Å². The van der Waals surface area contributed by atoms with E-state index in [9.17, 15) is 14.4 Å². The van der Waals surface area contributed by atoms with Crippen LogP contribution in [0.4, 0.5) is 11.4 Å². The van der Waals surface area contributed by atoms with E-state index in [4.69, 9.17) is 0 Å². The molecule has 1 aliphatic rings. The molecule has 1 aliphatic heterocycles. The van der Waals surface area contributed by atoms with Crippen LogP contribution < -0.4 is 10.6 Å². The molecular weight excluding hydrogens is 426 g/mol. The quantitative estimate of drug-likeness (QED) is 0.509. The number of aryl methyl sites for hydroxylation is 2. The highest BCUT2D eigenvalue weighted by atomic mass is 16.2. The number of anilines is 2. The topological polar surface area (TPSA) is 78.5 Å². The van der Waals surface area contributed by atoms with Crippen molar-refractivity contribution in [3.8, 4) is 0 Å². The first-order valence-corrected chi connectivity index (χ1v) is 11.2. The minimum Gasteiger partial charge on any atom is -0.350 e. The number of carbonyl (C=O) groups is 3. The van der Waals surface area contributed by atoms with E-state index in [2.05, 4.69) is 10.6 Å². The van der Waals surface area contributed by atoms with Crippen molar-refractivity contribution in [3.63, 3.8) is 0 Å². The summed E-state index contributed by atoms with van der Waals surface area (Å²) in [6, 6.07) is 22.6. The van der Waals surface area contributed by atoms with Crippen LogP contribution in [0.5, 0.6) is 0 Å². The highest BCUT2D eigenvalue weighted by Gasteiger charge is 2.39. The minimum absolute atomic E-state index is 0.161. The van der Waals surface area contributed by atoms with E-state index in [0.29, 0.717) is 35.5 Å². The third-order valence-electron chi connectivity index (χ3n) is 5.91.